The fourth-order valence-corrected chi connectivity index (χ4v) is 1.92. The molecule has 1 amide bonds. The summed E-state index contributed by atoms with van der Waals surface area (Å²) in [6, 6.07) is 7.74. The first kappa shape index (κ1) is 13.5. The van der Waals surface area contributed by atoms with Crippen molar-refractivity contribution in [3.8, 4) is 0 Å². The molecule has 2 aromatic rings. The summed E-state index contributed by atoms with van der Waals surface area (Å²) in [5.74, 6) is 0.311. The number of aromatic nitrogens is 3. The number of rotatable bonds is 5. The van der Waals surface area contributed by atoms with Crippen molar-refractivity contribution in [1.82, 2.24) is 20.3 Å². The molecule has 2 aromatic heterocycles. The van der Waals surface area contributed by atoms with Crippen LogP contribution in [0.1, 0.15) is 34.7 Å². The smallest absolute Gasteiger partial charge is 0.270 e. The predicted molar refractivity (Wildman–Crippen MR) is 78.8 cm³/mol. The van der Waals surface area contributed by atoms with Crippen molar-refractivity contribution in [3.05, 3.63) is 47.5 Å². The minimum absolute atomic E-state index is 0.218. The Balaban J connectivity index is 1.67. The molecule has 2 N–H and O–H groups in total. The molecule has 108 valence electrons. The highest BCUT2D eigenvalue weighted by Crippen LogP contribution is 2.23. The maximum atomic E-state index is 12.2. The number of nitrogens with one attached hydrogen (secondary N) is 2. The molecule has 0 bridgehead atoms. The van der Waals surface area contributed by atoms with E-state index >= 15 is 0 Å². The van der Waals surface area contributed by atoms with Gasteiger partial charge in [0.15, 0.2) is 0 Å². The van der Waals surface area contributed by atoms with Gasteiger partial charge in [0.2, 0.25) is 5.95 Å². The molecule has 1 fully saturated rings. The van der Waals surface area contributed by atoms with Crippen molar-refractivity contribution in [2.75, 3.05) is 5.32 Å². The van der Waals surface area contributed by atoms with Crippen LogP contribution in [0.15, 0.2) is 30.5 Å². The molecule has 0 unspecified atom stereocenters. The normalized spacial score (nSPS) is 13.8. The number of nitrogens with zero attached hydrogens (tertiary/aromatic N) is 3. The minimum atomic E-state index is -0.218. The van der Waals surface area contributed by atoms with Crippen LogP contribution < -0.4 is 10.6 Å². The standard InChI is InChI=1S/C15H17N5O/c1-10-8-13(20-15(18-10)19-11-5-6-11)14(21)17-9-12-4-2-3-7-16-12/h2-4,7-8,11H,5-6,9H2,1H3,(H,17,21)(H,18,19,20). The quantitative estimate of drug-likeness (QED) is 0.872. The van der Waals surface area contributed by atoms with Crippen LogP contribution in [-0.2, 0) is 6.54 Å². The van der Waals surface area contributed by atoms with Crippen LogP contribution in [0.4, 0.5) is 5.95 Å². The number of aryl methyl sites for hydroxylation is 1. The highest BCUT2D eigenvalue weighted by molar-refractivity contribution is 5.92. The van der Waals surface area contributed by atoms with Gasteiger partial charge in [0, 0.05) is 17.9 Å². The summed E-state index contributed by atoms with van der Waals surface area (Å²) >= 11 is 0. The Bertz CT molecular complexity index is 640. The summed E-state index contributed by atoms with van der Waals surface area (Å²) in [6.45, 7) is 2.24. The van der Waals surface area contributed by atoms with Crippen molar-refractivity contribution in [1.29, 1.82) is 0 Å². The molecule has 0 atom stereocenters. The minimum Gasteiger partial charge on any atom is -0.351 e. The summed E-state index contributed by atoms with van der Waals surface area (Å²) in [4.78, 5) is 24.9. The summed E-state index contributed by atoms with van der Waals surface area (Å²) in [5.41, 5.74) is 1.96. The van der Waals surface area contributed by atoms with Crippen LogP contribution in [0.25, 0.3) is 0 Å². The molecule has 1 saturated carbocycles. The lowest BCUT2D eigenvalue weighted by Gasteiger charge is -2.08. The fraction of sp³-hybridized carbons (Fsp3) is 0.333. The average molecular weight is 283 g/mol. The van der Waals surface area contributed by atoms with Gasteiger partial charge in [0.1, 0.15) is 5.69 Å². The summed E-state index contributed by atoms with van der Waals surface area (Å²) in [5, 5.41) is 6.03. The molecular weight excluding hydrogens is 266 g/mol. The fourth-order valence-electron chi connectivity index (χ4n) is 1.92. The molecule has 0 aromatic carbocycles. The van der Waals surface area contributed by atoms with E-state index in [9.17, 15) is 4.79 Å². The Morgan fingerprint density at radius 1 is 1.33 bits per heavy atom. The summed E-state index contributed by atoms with van der Waals surface area (Å²) in [6.07, 6.45) is 3.98. The van der Waals surface area contributed by atoms with Crippen LogP contribution in [0, 0.1) is 6.92 Å². The highest BCUT2D eigenvalue weighted by atomic mass is 16.1. The van der Waals surface area contributed by atoms with Gasteiger partial charge < -0.3 is 10.6 Å². The third kappa shape index (κ3) is 3.75. The SMILES string of the molecule is Cc1cc(C(=O)NCc2ccccn2)nc(NC2CC2)n1. The van der Waals surface area contributed by atoms with Gasteiger partial charge in [-0.25, -0.2) is 9.97 Å². The zero-order valence-electron chi connectivity index (χ0n) is 11.8. The second-order valence-electron chi connectivity index (χ2n) is 5.14. The maximum absolute atomic E-state index is 12.2. The largest absolute Gasteiger partial charge is 0.351 e. The Hall–Kier alpha value is -2.50. The van der Waals surface area contributed by atoms with Crippen molar-refractivity contribution >= 4 is 11.9 Å². The Morgan fingerprint density at radius 2 is 2.19 bits per heavy atom. The maximum Gasteiger partial charge on any atom is 0.270 e. The molecule has 0 spiro atoms. The molecule has 21 heavy (non-hydrogen) atoms. The summed E-state index contributed by atoms with van der Waals surface area (Å²) < 4.78 is 0. The molecule has 0 saturated heterocycles. The Labute approximate surface area is 123 Å². The highest BCUT2D eigenvalue weighted by Gasteiger charge is 2.22. The first-order valence-corrected chi connectivity index (χ1v) is 7.01. The molecular formula is C15H17N5O. The van der Waals surface area contributed by atoms with E-state index in [0.29, 0.717) is 24.2 Å². The molecule has 1 aliphatic carbocycles. The van der Waals surface area contributed by atoms with Crippen molar-refractivity contribution in [2.45, 2.75) is 32.4 Å². The molecule has 0 radical (unpaired) electrons. The van der Waals surface area contributed by atoms with Crippen LogP contribution >= 0.6 is 0 Å². The van der Waals surface area contributed by atoms with Gasteiger partial charge >= 0.3 is 0 Å². The van der Waals surface area contributed by atoms with Crippen LogP contribution in [0.2, 0.25) is 0 Å². The van der Waals surface area contributed by atoms with Gasteiger partial charge in [-0.15, -0.1) is 0 Å². The second-order valence-corrected chi connectivity index (χ2v) is 5.14. The number of carbonyl (C=O) groups excluding carboxylic acids is 1. The molecule has 3 rings (SSSR count). The third-order valence-electron chi connectivity index (χ3n) is 3.15. The lowest BCUT2D eigenvalue weighted by Crippen LogP contribution is -2.25. The average Bonchev–Trinajstić information content (AvgIpc) is 3.29. The lowest BCUT2D eigenvalue weighted by atomic mass is 10.3. The number of pyridine rings is 1. The first-order valence-electron chi connectivity index (χ1n) is 7.01. The molecule has 1 aliphatic rings. The van der Waals surface area contributed by atoms with Crippen molar-refractivity contribution < 1.29 is 4.79 Å². The second kappa shape index (κ2) is 5.87. The van der Waals surface area contributed by atoms with Gasteiger partial charge in [-0.1, -0.05) is 6.07 Å². The Morgan fingerprint density at radius 3 is 2.90 bits per heavy atom. The Kier molecular flexibility index (Phi) is 3.77. The molecule has 6 heteroatoms. The third-order valence-corrected chi connectivity index (χ3v) is 3.15. The van der Waals surface area contributed by atoms with Gasteiger partial charge in [0.25, 0.3) is 5.91 Å². The van der Waals surface area contributed by atoms with E-state index in [0.717, 1.165) is 24.2 Å². The summed E-state index contributed by atoms with van der Waals surface area (Å²) in [7, 11) is 0. The number of amides is 1. The topological polar surface area (TPSA) is 79.8 Å². The van der Waals surface area contributed by atoms with Crippen molar-refractivity contribution in [3.63, 3.8) is 0 Å². The van der Waals surface area contributed by atoms with E-state index in [2.05, 4.69) is 25.6 Å². The van der Waals surface area contributed by atoms with Crippen LogP contribution in [0.5, 0.6) is 0 Å². The van der Waals surface area contributed by atoms with Crippen LogP contribution in [-0.4, -0.2) is 26.9 Å². The van der Waals surface area contributed by atoms with E-state index in [1.807, 2.05) is 25.1 Å². The predicted octanol–water partition coefficient (Wildman–Crippen LogP) is 1.68. The van der Waals surface area contributed by atoms with Gasteiger partial charge in [0.05, 0.1) is 12.2 Å². The van der Waals surface area contributed by atoms with Gasteiger partial charge in [-0.05, 0) is 38.0 Å². The van der Waals surface area contributed by atoms with E-state index in [-0.39, 0.29) is 5.91 Å². The molecule has 0 aliphatic heterocycles. The number of carbonyl (C=O) groups is 1. The van der Waals surface area contributed by atoms with E-state index in [1.54, 1.807) is 12.3 Å². The molecule has 2 heterocycles. The monoisotopic (exact) mass is 283 g/mol. The number of hydrogen-bond acceptors (Lipinski definition) is 5. The zero-order valence-corrected chi connectivity index (χ0v) is 11.8. The van der Waals surface area contributed by atoms with Crippen molar-refractivity contribution in [2.24, 2.45) is 0 Å². The zero-order chi connectivity index (χ0) is 14.7. The molecule has 6 nitrogen and oxygen atoms in total. The van der Waals surface area contributed by atoms with E-state index in [4.69, 9.17) is 0 Å². The number of hydrogen-bond donors (Lipinski definition) is 2. The van der Waals surface area contributed by atoms with Gasteiger partial charge in [-0.2, -0.15) is 0 Å². The van der Waals surface area contributed by atoms with Crippen LogP contribution in [0.3, 0.4) is 0 Å². The van der Waals surface area contributed by atoms with E-state index < -0.39 is 0 Å². The number of anilines is 1. The lowest BCUT2D eigenvalue weighted by molar-refractivity contribution is 0.0945. The van der Waals surface area contributed by atoms with Gasteiger partial charge in [-0.3, -0.25) is 9.78 Å². The van der Waals surface area contributed by atoms with E-state index in [1.165, 1.54) is 0 Å². The first-order chi connectivity index (χ1) is 10.2.